The van der Waals surface area contributed by atoms with Crippen LogP contribution in [0.25, 0.3) is 0 Å². The lowest BCUT2D eigenvalue weighted by Crippen LogP contribution is -2.12. The minimum atomic E-state index is -0.145. The fraction of sp³-hybridized carbons (Fsp3) is 0.562. The number of unbranched alkanes of at least 4 members (excludes halogenated alkanes) is 1. The van der Waals surface area contributed by atoms with Gasteiger partial charge < -0.3 is 19.9 Å². The zero-order chi connectivity index (χ0) is 15.7. The van der Waals surface area contributed by atoms with Crippen molar-refractivity contribution in [2.24, 2.45) is 5.73 Å². The molecule has 0 aliphatic rings. The maximum Gasteiger partial charge on any atom is 0.305 e. The Morgan fingerprint density at radius 2 is 2.00 bits per heavy atom. The largest absolute Gasteiger partial charge is 0.497 e. The summed E-state index contributed by atoms with van der Waals surface area (Å²) in [7, 11) is 3.23. The molecule has 1 unspecified atom stereocenters. The molecule has 21 heavy (non-hydrogen) atoms. The second-order valence-electron chi connectivity index (χ2n) is 4.77. The normalized spacial score (nSPS) is 11.8. The van der Waals surface area contributed by atoms with Gasteiger partial charge in [-0.05, 0) is 25.8 Å². The van der Waals surface area contributed by atoms with Crippen molar-refractivity contribution >= 4 is 5.97 Å². The number of methoxy groups -OCH3 is 2. The molecule has 0 saturated heterocycles. The van der Waals surface area contributed by atoms with E-state index in [-0.39, 0.29) is 12.0 Å². The molecule has 0 saturated carbocycles. The van der Waals surface area contributed by atoms with Crippen LogP contribution in [0, 0.1) is 0 Å². The number of benzene rings is 1. The van der Waals surface area contributed by atoms with Gasteiger partial charge in [0.1, 0.15) is 11.5 Å². The Kier molecular flexibility index (Phi) is 7.61. The van der Waals surface area contributed by atoms with E-state index in [4.69, 9.17) is 19.9 Å². The first kappa shape index (κ1) is 17.3. The summed E-state index contributed by atoms with van der Waals surface area (Å²) in [6.07, 6.45) is 2.89. The highest BCUT2D eigenvalue weighted by atomic mass is 16.5. The molecule has 2 N–H and O–H groups in total. The summed E-state index contributed by atoms with van der Waals surface area (Å²) in [6, 6.07) is 5.51. The second kappa shape index (κ2) is 9.23. The molecule has 1 rings (SSSR count). The number of nitrogens with two attached hydrogens (primary N) is 1. The summed E-state index contributed by atoms with van der Waals surface area (Å²) < 4.78 is 15.4. The van der Waals surface area contributed by atoms with Crippen molar-refractivity contribution in [3.8, 4) is 11.5 Å². The van der Waals surface area contributed by atoms with Gasteiger partial charge in [-0.15, -0.1) is 0 Å². The quantitative estimate of drug-likeness (QED) is 0.560. The number of ether oxygens (including phenoxy) is 3. The molecule has 0 heterocycles. The zero-order valence-electron chi connectivity index (χ0n) is 13.1. The van der Waals surface area contributed by atoms with Crippen LogP contribution in [0.3, 0.4) is 0 Å². The smallest absolute Gasteiger partial charge is 0.305 e. The maximum absolute atomic E-state index is 11.2. The average molecular weight is 295 g/mol. The van der Waals surface area contributed by atoms with Crippen molar-refractivity contribution < 1.29 is 19.0 Å². The van der Waals surface area contributed by atoms with E-state index >= 15 is 0 Å². The van der Waals surface area contributed by atoms with E-state index in [1.807, 2.05) is 25.1 Å². The van der Waals surface area contributed by atoms with Crippen LogP contribution in [-0.2, 0) is 9.53 Å². The summed E-state index contributed by atoms with van der Waals surface area (Å²) in [6.45, 7) is 2.24. The highest BCUT2D eigenvalue weighted by Crippen LogP contribution is 2.30. The number of carbonyl (C=O) groups excluding carboxylic acids is 1. The summed E-state index contributed by atoms with van der Waals surface area (Å²) in [5.74, 6) is 1.32. The number of carbonyl (C=O) groups is 1. The number of hydrogen-bond acceptors (Lipinski definition) is 5. The fourth-order valence-electron chi connectivity index (χ4n) is 2.15. The van der Waals surface area contributed by atoms with Crippen LogP contribution < -0.4 is 15.2 Å². The van der Waals surface area contributed by atoms with E-state index in [9.17, 15) is 4.79 Å². The van der Waals surface area contributed by atoms with E-state index < -0.39 is 0 Å². The third kappa shape index (κ3) is 5.63. The molecule has 1 atom stereocenters. The van der Waals surface area contributed by atoms with Crippen molar-refractivity contribution in [3.63, 3.8) is 0 Å². The molecule has 0 aliphatic heterocycles. The van der Waals surface area contributed by atoms with Crippen molar-refractivity contribution in [1.82, 2.24) is 0 Å². The lowest BCUT2D eigenvalue weighted by molar-refractivity contribution is -0.143. The molecule has 0 fully saturated rings. The number of rotatable bonds is 9. The van der Waals surface area contributed by atoms with Crippen molar-refractivity contribution in [2.45, 2.75) is 38.6 Å². The maximum atomic E-state index is 11.2. The Balaban J connectivity index is 2.48. The summed E-state index contributed by atoms with van der Waals surface area (Å²) in [5, 5.41) is 0. The van der Waals surface area contributed by atoms with Crippen LogP contribution in [0.1, 0.15) is 44.2 Å². The predicted molar refractivity (Wildman–Crippen MR) is 81.6 cm³/mol. The van der Waals surface area contributed by atoms with Crippen LogP contribution in [0.4, 0.5) is 0 Å². The summed E-state index contributed by atoms with van der Waals surface area (Å²) in [4.78, 5) is 11.2. The summed E-state index contributed by atoms with van der Waals surface area (Å²) >= 11 is 0. The highest BCUT2D eigenvalue weighted by Gasteiger charge is 2.13. The molecule has 0 radical (unpaired) electrons. The van der Waals surface area contributed by atoms with Gasteiger partial charge in [0.05, 0.1) is 20.8 Å². The third-order valence-corrected chi connectivity index (χ3v) is 3.29. The van der Waals surface area contributed by atoms with E-state index in [0.29, 0.717) is 13.0 Å². The number of esters is 1. The molecule has 0 amide bonds. The number of hydrogen-bond donors (Lipinski definition) is 1. The Morgan fingerprint density at radius 3 is 2.62 bits per heavy atom. The fourth-order valence-corrected chi connectivity index (χ4v) is 2.15. The van der Waals surface area contributed by atoms with Crippen LogP contribution in [-0.4, -0.2) is 26.8 Å². The zero-order valence-corrected chi connectivity index (χ0v) is 13.1. The molecule has 118 valence electrons. The van der Waals surface area contributed by atoms with Gasteiger partial charge in [0.15, 0.2) is 0 Å². The minimum Gasteiger partial charge on any atom is -0.497 e. The van der Waals surface area contributed by atoms with Gasteiger partial charge in [-0.3, -0.25) is 4.79 Å². The van der Waals surface area contributed by atoms with Crippen LogP contribution in [0.15, 0.2) is 18.2 Å². The Bertz CT molecular complexity index is 448. The first-order valence-corrected chi connectivity index (χ1v) is 7.25. The van der Waals surface area contributed by atoms with E-state index in [1.54, 1.807) is 14.2 Å². The molecular formula is C16H25NO4. The second-order valence-corrected chi connectivity index (χ2v) is 4.77. The van der Waals surface area contributed by atoms with Crippen LogP contribution >= 0.6 is 0 Å². The molecule has 0 aromatic heterocycles. The van der Waals surface area contributed by atoms with Gasteiger partial charge in [-0.25, -0.2) is 0 Å². The average Bonchev–Trinajstić information content (AvgIpc) is 2.50. The van der Waals surface area contributed by atoms with Crippen molar-refractivity contribution in [2.75, 3.05) is 20.8 Å². The lowest BCUT2D eigenvalue weighted by atomic mass is 10.00. The Hall–Kier alpha value is -1.75. The molecule has 5 nitrogen and oxygen atoms in total. The SMILES string of the molecule is CCOC(=O)CCCCC(N)c1ccc(OC)cc1OC. The monoisotopic (exact) mass is 295 g/mol. The van der Waals surface area contributed by atoms with Gasteiger partial charge in [0.25, 0.3) is 0 Å². The van der Waals surface area contributed by atoms with E-state index in [2.05, 4.69) is 0 Å². The molecular weight excluding hydrogens is 270 g/mol. The lowest BCUT2D eigenvalue weighted by Gasteiger charge is -2.16. The van der Waals surface area contributed by atoms with Crippen LogP contribution in [0.5, 0.6) is 11.5 Å². The Morgan fingerprint density at radius 1 is 1.24 bits per heavy atom. The van der Waals surface area contributed by atoms with E-state index in [1.165, 1.54) is 0 Å². The van der Waals surface area contributed by atoms with Crippen molar-refractivity contribution in [3.05, 3.63) is 23.8 Å². The first-order chi connectivity index (χ1) is 10.1. The van der Waals surface area contributed by atoms with Gasteiger partial charge in [0.2, 0.25) is 0 Å². The predicted octanol–water partition coefficient (Wildman–Crippen LogP) is 2.83. The van der Waals surface area contributed by atoms with Gasteiger partial charge >= 0.3 is 5.97 Å². The third-order valence-electron chi connectivity index (χ3n) is 3.29. The standard InChI is InChI=1S/C16H25NO4/c1-4-21-16(18)8-6-5-7-14(17)13-10-9-12(19-2)11-15(13)20-3/h9-11,14H,4-8,17H2,1-3H3. The van der Waals surface area contributed by atoms with Gasteiger partial charge in [-0.1, -0.05) is 12.5 Å². The van der Waals surface area contributed by atoms with E-state index in [0.717, 1.165) is 36.3 Å². The van der Waals surface area contributed by atoms with Crippen molar-refractivity contribution in [1.29, 1.82) is 0 Å². The molecule has 0 bridgehead atoms. The summed E-state index contributed by atoms with van der Waals surface area (Å²) in [5.41, 5.74) is 7.15. The van der Waals surface area contributed by atoms with Gasteiger partial charge in [0, 0.05) is 24.1 Å². The molecule has 0 spiro atoms. The molecule has 1 aromatic carbocycles. The molecule has 0 aliphatic carbocycles. The highest BCUT2D eigenvalue weighted by molar-refractivity contribution is 5.69. The molecule has 1 aromatic rings. The minimum absolute atomic E-state index is 0.118. The topological polar surface area (TPSA) is 70.8 Å². The Labute approximate surface area is 126 Å². The van der Waals surface area contributed by atoms with Gasteiger partial charge in [-0.2, -0.15) is 0 Å². The first-order valence-electron chi connectivity index (χ1n) is 7.25. The van der Waals surface area contributed by atoms with Crippen LogP contribution in [0.2, 0.25) is 0 Å². The molecule has 5 heteroatoms.